The molecule has 5 nitrogen and oxygen atoms in total. The van der Waals surface area contributed by atoms with Crippen molar-refractivity contribution in [3.8, 4) is 11.5 Å². The van der Waals surface area contributed by atoms with Crippen molar-refractivity contribution >= 4 is 27.7 Å². The van der Waals surface area contributed by atoms with Gasteiger partial charge in [-0.05, 0) is 46.3 Å². The molecule has 0 bridgehead atoms. The van der Waals surface area contributed by atoms with Crippen LogP contribution in [0.5, 0.6) is 11.5 Å². The second kappa shape index (κ2) is 5.71. The van der Waals surface area contributed by atoms with E-state index in [2.05, 4.69) is 26.2 Å². The fourth-order valence-corrected chi connectivity index (χ4v) is 1.83. The van der Waals surface area contributed by atoms with Crippen molar-refractivity contribution in [1.29, 1.82) is 0 Å². The summed E-state index contributed by atoms with van der Waals surface area (Å²) in [5.74, 6) is 0.307. The molecule has 0 spiro atoms. The SMILES string of the molecule is COc1ccc(O)c(C(=O)Nc2cccc(Br)n2)c1. The van der Waals surface area contributed by atoms with E-state index in [1.807, 2.05) is 0 Å². The van der Waals surface area contributed by atoms with Gasteiger partial charge in [-0.25, -0.2) is 4.98 Å². The predicted octanol–water partition coefficient (Wildman–Crippen LogP) is 2.81. The molecule has 1 aromatic heterocycles. The number of nitrogens with one attached hydrogen (secondary N) is 1. The second-order valence-electron chi connectivity index (χ2n) is 3.68. The number of nitrogens with zero attached hydrogens (tertiary/aromatic N) is 1. The standard InChI is InChI=1S/C13H11BrN2O3/c1-19-8-5-6-10(17)9(7-8)13(18)16-12-4-2-3-11(14)15-12/h2-7,17H,1H3,(H,15,16,18). The maximum absolute atomic E-state index is 12.0. The molecule has 19 heavy (non-hydrogen) atoms. The Balaban J connectivity index is 2.25. The van der Waals surface area contributed by atoms with E-state index in [0.717, 1.165) is 0 Å². The lowest BCUT2D eigenvalue weighted by Crippen LogP contribution is -2.13. The van der Waals surface area contributed by atoms with Crippen molar-refractivity contribution in [3.63, 3.8) is 0 Å². The number of benzene rings is 1. The maximum atomic E-state index is 12.0. The first-order valence-corrected chi connectivity index (χ1v) is 6.20. The maximum Gasteiger partial charge on any atom is 0.260 e. The van der Waals surface area contributed by atoms with Crippen LogP contribution in [0.3, 0.4) is 0 Å². The summed E-state index contributed by atoms with van der Waals surface area (Å²) in [7, 11) is 1.49. The van der Waals surface area contributed by atoms with Crippen molar-refractivity contribution in [2.24, 2.45) is 0 Å². The molecule has 0 fully saturated rings. The molecule has 0 aliphatic heterocycles. The minimum absolute atomic E-state index is 0.117. The summed E-state index contributed by atoms with van der Waals surface area (Å²) in [4.78, 5) is 16.1. The Hall–Kier alpha value is -2.08. The molecule has 2 rings (SSSR count). The monoisotopic (exact) mass is 322 g/mol. The summed E-state index contributed by atoms with van der Waals surface area (Å²) in [6.45, 7) is 0. The highest BCUT2D eigenvalue weighted by Gasteiger charge is 2.13. The smallest absolute Gasteiger partial charge is 0.260 e. The van der Waals surface area contributed by atoms with Crippen LogP contribution in [0, 0.1) is 0 Å². The first-order valence-electron chi connectivity index (χ1n) is 5.41. The molecule has 0 unspecified atom stereocenters. The van der Waals surface area contributed by atoms with E-state index in [1.165, 1.54) is 19.2 Å². The van der Waals surface area contributed by atoms with E-state index < -0.39 is 5.91 Å². The fourth-order valence-electron chi connectivity index (χ4n) is 1.49. The van der Waals surface area contributed by atoms with Crippen molar-refractivity contribution in [2.45, 2.75) is 0 Å². The molecule has 0 aliphatic rings. The summed E-state index contributed by atoms with van der Waals surface area (Å²) in [6, 6.07) is 9.59. The predicted molar refractivity (Wildman–Crippen MR) is 74.5 cm³/mol. The minimum Gasteiger partial charge on any atom is -0.507 e. The number of ether oxygens (including phenoxy) is 1. The van der Waals surface area contributed by atoms with Crippen LogP contribution in [0.15, 0.2) is 41.0 Å². The fraction of sp³-hybridized carbons (Fsp3) is 0.0769. The molecular formula is C13H11BrN2O3. The first kappa shape index (κ1) is 13.4. The molecular weight excluding hydrogens is 312 g/mol. The van der Waals surface area contributed by atoms with E-state index in [9.17, 15) is 9.90 Å². The zero-order valence-electron chi connectivity index (χ0n) is 10.1. The van der Waals surface area contributed by atoms with Gasteiger partial charge in [0, 0.05) is 0 Å². The van der Waals surface area contributed by atoms with Crippen LogP contribution in [0.1, 0.15) is 10.4 Å². The van der Waals surface area contributed by atoms with Gasteiger partial charge in [-0.15, -0.1) is 0 Å². The Kier molecular flexibility index (Phi) is 4.01. The number of pyridine rings is 1. The molecule has 1 aromatic carbocycles. The molecule has 0 saturated heterocycles. The molecule has 1 heterocycles. The van der Waals surface area contributed by atoms with Gasteiger partial charge in [-0.1, -0.05) is 6.07 Å². The quantitative estimate of drug-likeness (QED) is 0.852. The Bertz CT molecular complexity index is 617. The lowest BCUT2D eigenvalue weighted by molar-refractivity contribution is 0.102. The lowest BCUT2D eigenvalue weighted by Gasteiger charge is -2.08. The Labute approximate surface area is 118 Å². The van der Waals surface area contributed by atoms with E-state index in [-0.39, 0.29) is 11.3 Å². The number of carbonyl (C=O) groups is 1. The van der Waals surface area contributed by atoms with E-state index in [0.29, 0.717) is 16.2 Å². The third-order valence-corrected chi connectivity index (χ3v) is 2.85. The van der Waals surface area contributed by atoms with Gasteiger partial charge in [0.25, 0.3) is 5.91 Å². The summed E-state index contributed by atoms with van der Waals surface area (Å²) < 4.78 is 5.63. The summed E-state index contributed by atoms with van der Waals surface area (Å²) in [5, 5.41) is 12.3. The van der Waals surface area contributed by atoms with Crippen LogP contribution in [-0.4, -0.2) is 23.1 Å². The first-order chi connectivity index (χ1) is 9.10. The van der Waals surface area contributed by atoms with Gasteiger partial charge < -0.3 is 15.2 Å². The molecule has 0 aliphatic carbocycles. The van der Waals surface area contributed by atoms with Crippen molar-refractivity contribution in [3.05, 3.63) is 46.6 Å². The number of carbonyl (C=O) groups excluding carboxylic acids is 1. The minimum atomic E-state index is -0.456. The number of aromatic hydroxyl groups is 1. The van der Waals surface area contributed by atoms with Crippen molar-refractivity contribution in [1.82, 2.24) is 4.98 Å². The molecule has 2 N–H and O–H groups in total. The Morgan fingerprint density at radius 1 is 1.37 bits per heavy atom. The lowest BCUT2D eigenvalue weighted by atomic mass is 10.1. The number of rotatable bonds is 3. The van der Waals surface area contributed by atoms with Crippen LogP contribution >= 0.6 is 15.9 Å². The topological polar surface area (TPSA) is 71.5 Å². The van der Waals surface area contributed by atoms with Crippen LogP contribution in [0.25, 0.3) is 0 Å². The third kappa shape index (κ3) is 3.23. The van der Waals surface area contributed by atoms with Gasteiger partial charge in [-0.2, -0.15) is 0 Å². The van der Waals surface area contributed by atoms with Crippen LogP contribution in [-0.2, 0) is 0 Å². The van der Waals surface area contributed by atoms with Gasteiger partial charge >= 0.3 is 0 Å². The molecule has 2 aromatic rings. The molecule has 1 amide bonds. The molecule has 0 atom stereocenters. The normalized spacial score (nSPS) is 10.0. The van der Waals surface area contributed by atoms with Crippen molar-refractivity contribution in [2.75, 3.05) is 12.4 Å². The van der Waals surface area contributed by atoms with Gasteiger partial charge in [0.2, 0.25) is 0 Å². The van der Waals surface area contributed by atoms with Gasteiger partial charge in [0.15, 0.2) is 0 Å². The number of phenolic OH excluding ortho intramolecular Hbond substituents is 1. The van der Waals surface area contributed by atoms with Crippen LogP contribution in [0.2, 0.25) is 0 Å². The molecule has 0 saturated carbocycles. The number of anilines is 1. The largest absolute Gasteiger partial charge is 0.507 e. The number of hydrogen-bond donors (Lipinski definition) is 2. The van der Waals surface area contributed by atoms with Gasteiger partial charge in [0.1, 0.15) is 21.9 Å². The molecule has 0 radical (unpaired) electrons. The second-order valence-corrected chi connectivity index (χ2v) is 4.50. The van der Waals surface area contributed by atoms with Crippen LogP contribution in [0.4, 0.5) is 5.82 Å². The summed E-state index contributed by atoms with van der Waals surface area (Å²) in [5.41, 5.74) is 0.126. The highest BCUT2D eigenvalue weighted by atomic mass is 79.9. The van der Waals surface area contributed by atoms with Gasteiger partial charge in [-0.3, -0.25) is 4.79 Å². The number of amides is 1. The highest BCUT2D eigenvalue weighted by molar-refractivity contribution is 9.10. The number of methoxy groups -OCH3 is 1. The number of hydrogen-bond acceptors (Lipinski definition) is 4. The number of halogens is 1. The Morgan fingerprint density at radius 3 is 2.84 bits per heavy atom. The Morgan fingerprint density at radius 2 is 2.16 bits per heavy atom. The zero-order valence-corrected chi connectivity index (χ0v) is 11.6. The summed E-state index contributed by atoms with van der Waals surface area (Å²) in [6.07, 6.45) is 0. The van der Waals surface area contributed by atoms with Crippen LogP contribution < -0.4 is 10.1 Å². The molecule has 6 heteroatoms. The average molecular weight is 323 g/mol. The number of aromatic nitrogens is 1. The van der Waals surface area contributed by atoms with Gasteiger partial charge in [0.05, 0.1) is 12.7 Å². The van der Waals surface area contributed by atoms with Crippen molar-refractivity contribution < 1.29 is 14.6 Å². The van der Waals surface area contributed by atoms with E-state index in [4.69, 9.17) is 4.74 Å². The summed E-state index contributed by atoms with van der Waals surface area (Å²) >= 11 is 3.21. The van der Waals surface area contributed by atoms with E-state index in [1.54, 1.807) is 24.3 Å². The molecule has 98 valence electrons. The van der Waals surface area contributed by atoms with E-state index >= 15 is 0 Å². The zero-order chi connectivity index (χ0) is 13.8. The number of phenols is 1. The highest BCUT2D eigenvalue weighted by Crippen LogP contribution is 2.23. The third-order valence-electron chi connectivity index (χ3n) is 2.41. The average Bonchev–Trinajstić information content (AvgIpc) is 2.39.